The molecular weight excluding hydrogens is 244 g/mol. The smallest absolute Gasteiger partial charge is 0.321 e. The Hall–Kier alpha value is -0.320. The predicted octanol–water partition coefficient (Wildman–Crippen LogP) is 1.74. The quantitative estimate of drug-likeness (QED) is 0.430. The number of esters is 1. The molecule has 0 aromatic carbocycles. The minimum absolute atomic E-state index is 0.000309. The van der Waals surface area contributed by atoms with Crippen molar-refractivity contribution in [2.45, 2.75) is 44.0 Å². The highest BCUT2D eigenvalue weighted by atomic mass is 35.5. The average Bonchev–Trinajstić information content (AvgIpc) is 3.14. The molecule has 2 fully saturated rings. The van der Waals surface area contributed by atoms with E-state index in [0.717, 1.165) is 32.3 Å². The van der Waals surface area contributed by atoms with Crippen molar-refractivity contribution in [3.63, 3.8) is 0 Å². The van der Waals surface area contributed by atoms with Crippen molar-refractivity contribution in [1.29, 1.82) is 0 Å². The standard InChI is InChI=1S/C12H19ClO4/c1-15-11-5-8(4-9-7-16-9)2-3-10(11)17-12(14)6-13/h8-11H,2-7H2,1H3. The highest BCUT2D eigenvalue weighted by Crippen LogP contribution is 2.34. The van der Waals surface area contributed by atoms with E-state index in [1.807, 2.05) is 0 Å². The molecule has 98 valence electrons. The summed E-state index contributed by atoms with van der Waals surface area (Å²) < 4.78 is 16.0. The Morgan fingerprint density at radius 2 is 2.18 bits per heavy atom. The van der Waals surface area contributed by atoms with Crippen LogP contribution in [-0.2, 0) is 19.0 Å². The molecule has 0 N–H and O–H groups in total. The Kier molecular flexibility index (Phi) is 4.65. The monoisotopic (exact) mass is 262 g/mol. The summed E-state index contributed by atoms with van der Waals surface area (Å²) in [6.45, 7) is 0.902. The molecule has 0 aromatic rings. The Labute approximate surface area is 107 Å². The van der Waals surface area contributed by atoms with Gasteiger partial charge in [-0.25, -0.2) is 0 Å². The molecule has 2 rings (SSSR count). The number of hydrogen-bond acceptors (Lipinski definition) is 4. The molecule has 4 unspecified atom stereocenters. The first-order chi connectivity index (χ1) is 8.22. The van der Waals surface area contributed by atoms with Crippen LogP contribution < -0.4 is 0 Å². The van der Waals surface area contributed by atoms with Gasteiger partial charge in [0.1, 0.15) is 12.0 Å². The van der Waals surface area contributed by atoms with Gasteiger partial charge in [-0.2, -0.15) is 0 Å². The molecule has 1 heterocycles. The van der Waals surface area contributed by atoms with Crippen molar-refractivity contribution in [3.05, 3.63) is 0 Å². The third-order valence-corrected chi connectivity index (χ3v) is 3.75. The van der Waals surface area contributed by atoms with Crippen LogP contribution in [0.5, 0.6) is 0 Å². The van der Waals surface area contributed by atoms with Crippen molar-refractivity contribution in [2.24, 2.45) is 5.92 Å². The first-order valence-electron chi connectivity index (χ1n) is 6.12. The van der Waals surface area contributed by atoms with Gasteiger partial charge in [-0.3, -0.25) is 4.79 Å². The lowest BCUT2D eigenvalue weighted by Gasteiger charge is -2.34. The number of epoxide rings is 1. The molecule has 17 heavy (non-hydrogen) atoms. The molecule has 0 aromatic heterocycles. The fourth-order valence-corrected chi connectivity index (χ4v) is 2.62. The van der Waals surface area contributed by atoms with Crippen LogP contribution in [0.1, 0.15) is 25.7 Å². The molecule has 0 spiro atoms. The Morgan fingerprint density at radius 1 is 1.41 bits per heavy atom. The van der Waals surface area contributed by atoms with Gasteiger partial charge in [0.05, 0.1) is 18.8 Å². The van der Waals surface area contributed by atoms with E-state index >= 15 is 0 Å². The number of ether oxygens (including phenoxy) is 3. The van der Waals surface area contributed by atoms with Crippen LogP contribution in [0.4, 0.5) is 0 Å². The van der Waals surface area contributed by atoms with E-state index in [2.05, 4.69) is 0 Å². The topological polar surface area (TPSA) is 48.1 Å². The predicted molar refractivity (Wildman–Crippen MR) is 63.1 cm³/mol. The second-order valence-corrected chi connectivity index (χ2v) is 5.07. The number of methoxy groups -OCH3 is 1. The normalized spacial score (nSPS) is 36.6. The fourth-order valence-electron chi connectivity index (χ4n) is 2.56. The van der Waals surface area contributed by atoms with Crippen molar-refractivity contribution < 1.29 is 19.0 Å². The third-order valence-electron chi connectivity index (χ3n) is 3.53. The summed E-state index contributed by atoms with van der Waals surface area (Å²) in [6, 6.07) is 0. The number of rotatable bonds is 5. The summed E-state index contributed by atoms with van der Waals surface area (Å²) in [6.07, 6.45) is 4.30. The first-order valence-corrected chi connectivity index (χ1v) is 6.66. The number of alkyl halides is 1. The van der Waals surface area contributed by atoms with Gasteiger partial charge in [0.2, 0.25) is 0 Å². The molecule has 1 saturated carbocycles. The zero-order chi connectivity index (χ0) is 12.3. The molecule has 5 heteroatoms. The molecule has 1 aliphatic heterocycles. The van der Waals surface area contributed by atoms with Crippen molar-refractivity contribution in [1.82, 2.24) is 0 Å². The van der Waals surface area contributed by atoms with Crippen LogP contribution in [0.2, 0.25) is 0 Å². The van der Waals surface area contributed by atoms with E-state index in [9.17, 15) is 4.79 Å². The van der Waals surface area contributed by atoms with Gasteiger partial charge < -0.3 is 14.2 Å². The highest BCUT2D eigenvalue weighted by molar-refractivity contribution is 6.26. The Balaban J connectivity index is 1.81. The number of halogens is 1. The second kappa shape index (κ2) is 6.03. The van der Waals surface area contributed by atoms with Crippen molar-refractivity contribution in [3.8, 4) is 0 Å². The van der Waals surface area contributed by atoms with Gasteiger partial charge >= 0.3 is 5.97 Å². The maximum absolute atomic E-state index is 11.2. The van der Waals surface area contributed by atoms with Crippen molar-refractivity contribution >= 4 is 17.6 Å². The molecule has 0 radical (unpaired) electrons. The number of carbonyl (C=O) groups excluding carboxylic acids is 1. The van der Waals surface area contributed by atoms with Crippen LogP contribution in [-0.4, -0.2) is 43.9 Å². The first kappa shape index (κ1) is 13.1. The van der Waals surface area contributed by atoms with Crippen LogP contribution in [0.25, 0.3) is 0 Å². The lowest BCUT2D eigenvalue weighted by atomic mass is 9.82. The summed E-state index contributed by atoms with van der Waals surface area (Å²) in [5, 5.41) is 0. The van der Waals surface area contributed by atoms with Crippen LogP contribution >= 0.6 is 11.6 Å². The molecule has 4 atom stereocenters. The SMILES string of the molecule is COC1CC(CC2CO2)CCC1OC(=O)CCl. The lowest BCUT2D eigenvalue weighted by Crippen LogP contribution is -2.39. The average molecular weight is 263 g/mol. The van der Waals surface area contributed by atoms with Gasteiger partial charge in [-0.1, -0.05) is 0 Å². The molecule has 0 bridgehead atoms. The minimum Gasteiger partial charge on any atom is -0.459 e. The maximum Gasteiger partial charge on any atom is 0.321 e. The van der Waals surface area contributed by atoms with Gasteiger partial charge in [0.25, 0.3) is 0 Å². The van der Waals surface area contributed by atoms with E-state index in [4.69, 9.17) is 25.8 Å². The Morgan fingerprint density at radius 3 is 2.76 bits per heavy atom. The third kappa shape index (κ3) is 3.83. The van der Waals surface area contributed by atoms with Gasteiger partial charge in [0, 0.05) is 7.11 Å². The summed E-state index contributed by atoms with van der Waals surface area (Å²) >= 11 is 5.44. The molecular formula is C12H19ClO4. The van der Waals surface area contributed by atoms with Crippen LogP contribution in [0, 0.1) is 5.92 Å². The van der Waals surface area contributed by atoms with Crippen LogP contribution in [0.15, 0.2) is 0 Å². The molecule has 2 aliphatic rings. The highest BCUT2D eigenvalue weighted by Gasteiger charge is 2.36. The van der Waals surface area contributed by atoms with E-state index in [0.29, 0.717) is 12.0 Å². The molecule has 0 amide bonds. The summed E-state index contributed by atoms with van der Waals surface area (Å²) in [5.74, 6) is 0.174. The summed E-state index contributed by atoms with van der Waals surface area (Å²) in [7, 11) is 1.67. The maximum atomic E-state index is 11.2. The zero-order valence-electron chi connectivity index (χ0n) is 10.1. The number of hydrogen-bond donors (Lipinski definition) is 0. The van der Waals surface area contributed by atoms with Gasteiger partial charge in [-0.15, -0.1) is 11.6 Å². The Bertz CT molecular complexity index is 267. The molecule has 4 nitrogen and oxygen atoms in total. The van der Waals surface area contributed by atoms with Crippen LogP contribution in [0.3, 0.4) is 0 Å². The van der Waals surface area contributed by atoms with Crippen molar-refractivity contribution in [2.75, 3.05) is 19.6 Å². The summed E-state index contributed by atoms with van der Waals surface area (Å²) in [4.78, 5) is 11.2. The minimum atomic E-state index is -0.359. The van der Waals surface area contributed by atoms with Gasteiger partial charge in [-0.05, 0) is 31.6 Å². The number of carbonyl (C=O) groups is 1. The fraction of sp³-hybridized carbons (Fsp3) is 0.917. The van der Waals surface area contributed by atoms with E-state index in [1.165, 1.54) is 0 Å². The summed E-state index contributed by atoms with van der Waals surface area (Å²) in [5.41, 5.74) is 0. The lowest BCUT2D eigenvalue weighted by molar-refractivity contribution is -0.157. The van der Waals surface area contributed by atoms with E-state index < -0.39 is 0 Å². The second-order valence-electron chi connectivity index (χ2n) is 4.81. The van der Waals surface area contributed by atoms with E-state index in [-0.39, 0.29) is 24.1 Å². The van der Waals surface area contributed by atoms with Gasteiger partial charge in [0.15, 0.2) is 0 Å². The van der Waals surface area contributed by atoms with E-state index in [1.54, 1.807) is 7.11 Å². The zero-order valence-corrected chi connectivity index (χ0v) is 10.8. The molecule has 1 saturated heterocycles. The largest absolute Gasteiger partial charge is 0.459 e. The molecule has 1 aliphatic carbocycles.